The Bertz CT molecular complexity index is 207. The van der Waals surface area contributed by atoms with Gasteiger partial charge in [0.15, 0.2) is 0 Å². The van der Waals surface area contributed by atoms with Crippen molar-refractivity contribution < 1.29 is 9.84 Å². The van der Waals surface area contributed by atoms with Crippen LogP contribution in [0.1, 0.15) is 0 Å². The molecule has 0 spiro atoms. The van der Waals surface area contributed by atoms with Gasteiger partial charge >= 0.3 is 0 Å². The molecule has 0 radical (unpaired) electrons. The lowest BCUT2D eigenvalue weighted by atomic mass is 10.3. The highest BCUT2D eigenvalue weighted by Gasteiger charge is 2.16. The first kappa shape index (κ1) is 12.5. The summed E-state index contributed by atoms with van der Waals surface area (Å²) in [6, 6.07) is 0. The van der Waals surface area contributed by atoms with Crippen LogP contribution in [-0.4, -0.2) is 74.0 Å². The molecule has 1 rings (SSSR count). The van der Waals surface area contributed by atoms with Crippen molar-refractivity contribution in [2.24, 2.45) is 0 Å². The fourth-order valence-corrected chi connectivity index (χ4v) is 1.64. The largest absolute Gasteiger partial charge is 0.389 e. The van der Waals surface area contributed by atoms with E-state index in [1.165, 1.54) is 0 Å². The summed E-state index contributed by atoms with van der Waals surface area (Å²) in [7, 11) is 2.11. The third-order valence-electron chi connectivity index (χ3n) is 2.56. The van der Waals surface area contributed by atoms with E-state index < -0.39 is 6.10 Å². The van der Waals surface area contributed by atoms with Gasteiger partial charge in [-0.2, -0.15) is 0 Å². The highest BCUT2D eigenvalue weighted by atomic mass is 16.5. The van der Waals surface area contributed by atoms with E-state index in [0.29, 0.717) is 13.2 Å². The van der Waals surface area contributed by atoms with E-state index in [0.717, 1.165) is 26.2 Å². The predicted octanol–water partition coefficient (Wildman–Crippen LogP) is -0.755. The molecule has 1 aliphatic rings. The van der Waals surface area contributed by atoms with Crippen LogP contribution >= 0.6 is 0 Å². The van der Waals surface area contributed by atoms with Crippen molar-refractivity contribution in [2.75, 3.05) is 53.0 Å². The molecule has 0 saturated carbocycles. The summed E-state index contributed by atoms with van der Waals surface area (Å²) >= 11 is 0. The zero-order chi connectivity index (χ0) is 11.1. The summed E-state index contributed by atoms with van der Waals surface area (Å²) in [6.07, 6.45) is 4.61. The van der Waals surface area contributed by atoms with E-state index in [-0.39, 0.29) is 6.61 Å². The van der Waals surface area contributed by atoms with Crippen molar-refractivity contribution in [1.29, 1.82) is 0 Å². The van der Waals surface area contributed by atoms with E-state index in [1.807, 2.05) is 0 Å². The maximum Gasteiger partial charge on any atom is 0.107 e. The second-order valence-corrected chi connectivity index (χ2v) is 3.98. The second kappa shape index (κ2) is 6.81. The maximum absolute atomic E-state index is 9.65. The Morgan fingerprint density at radius 1 is 1.40 bits per heavy atom. The van der Waals surface area contributed by atoms with Gasteiger partial charge in [0.05, 0.1) is 12.7 Å². The van der Waals surface area contributed by atoms with Crippen LogP contribution < -0.4 is 0 Å². The Balaban J connectivity index is 2.09. The molecule has 0 aromatic heterocycles. The van der Waals surface area contributed by atoms with Crippen LogP contribution in [0, 0.1) is 12.3 Å². The van der Waals surface area contributed by atoms with Gasteiger partial charge in [-0.3, -0.25) is 4.90 Å². The van der Waals surface area contributed by atoms with Gasteiger partial charge in [-0.1, -0.05) is 5.92 Å². The number of hydrogen-bond acceptors (Lipinski definition) is 4. The normalized spacial score (nSPS) is 21.1. The lowest BCUT2D eigenvalue weighted by molar-refractivity contribution is 0.0183. The molecule has 4 nitrogen and oxygen atoms in total. The minimum Gasteiger partial charge on any atom is -0.389 e. The number of ether oxygens (including phenoxy) is 1. The highest BCUT2D eigenvalue weighted by Crippen LogP contribution is 2.00. The van der Waals surface area contributed by atoms with E-state index in [1.54, 1.807) is 0 Å². The number of aliphatic hydroxyl groups is 1. The van der Waals surface area contributed by atoms with E-state index in [4.69, 9.17) is 11.2 Å². The van der Waals surface area contributed by atoms with Crippen molar-refractivity contribution in [1.82, 2.24) is 9.80 Å². The average molecular weight is 212 g/mol. The summed E-state index contributed by atoms with van der Waals surface area (Å²) in [6.45, 7) is 5.45. The molecular formula is C11H20N2O2. The fourth-order valence-electron chi connectivity index (χ4n) is 1.64. The first-order valence-electron chi connectivity index (χ1n) is 5.32. The molecule has 1 N–H and O–H groups in total. The van der Waals surface area contributed by atoms with Crippen molar-refractivity contribution in [3.05, 3.63) is 0 Å². The molecule has 15 heavy (non-hydrogen) atoms. The third kappa shape index (κ3) is 5.14. The molecule has 0 amide bonds. The Kier molecular flexibility index (Phi) is 5.66. The third-order valence-corrected chi connectivity index (χ3v) is 2.56. The zero-order valence-corrected chi connectivity index (χ0v) is 9.35. The molecule has 0 aliphatic carbocycles. The summed E-state index contributed by atoms with van der Waals surface area (Å²) in [5.74, 6) is 2.38. The molecule has 0 aromatic rings. The topological polar surface area (TPSA) is 35.9 Å². The lowest BCUT2D eigenvalue weighted by Gasteiger charge is -2.33. The minimum atomic E-state index is -0.429. The van der Waals surface area contributed by atoms with Gasteiger partial charge in [0.25, 0.3) is 0 Å². The first-order chi connectivity index (χ1) is 7.22. The monoisotopic (exact) mass is 212 g/mol. The molecule has 86 valence electrons. The Labute approximate surface area is 91.8 Å². The highest BCUT2D eigenvalue weighted by molar-refractivity contribution is 4.83. The van der Waals surface area contributed by atoms with Crippen LogP contribution in [0.3, 0.4) is 0 Å². The number of nitrogens with zero attached hydrogens (tertiary/aromatic N) is 2. The van der Waals surface area contributed by atoms with E-state index in [9.17, 15) is 5.11 Å². The fraction of sp³-hybridized carbons (Fsp3) is 0.818. The number of likely N-dealkylation sites (N-methyl/N-ethyl adjacent to an activating group) is 1. The Morgan fingerprint density at radius 3 is 2.67 bits per heavy atom. The summed E-state index contributed by atoms with van der Waals surface area (Å²) in [5.41, 5.74) is 0. The number of terminal acetylenes is 1. The summed E-state index contributed by atoms with van der Waals surface area (Å²) in [5, 5.41) is 9.65. The molecular weight excluding hydrogens is 192 g/mol. The average Bonchev–Trinajstić information content (AvgIpc) is 2.22. The number of aliphatic hydroxyl groups excluding tert-OH is 1. The molecule has 0 aromatic carbocycles. The first-order valence-corrected chi connectivity index (χ1v) is 5.32. The van der Waals surface area contributed by atoms with Crippen LogP contribution in [-0.2, 0) is 4.74 Å². The second-order valence-electron chi connectivity index (χ2n) is 3.98. The lowest BCUT2D eigenvalue weighted by Crippen LogP contribution is -2.47. The Hall–Kier alpha value is -0.600. The van der Waals surface area contributed by atoms with Crippen molar-refractivity contribution in [3.63, 3.8) is 0 Å². The standard InChI is InChI=1S/C11H20N2O2/c1-3-8-15-10-11(14)9-13-6-4-12(2)5-7-13/h1,11,14H,4-10H2,2H3/t11-/m0/s1. The van der Waals surface area contributed by atoms with Crippen LogP contribution in [0.25, 0.3) is 0 Å². The molecule has 4 heteroatoms. The van der Waals surface area contributed by atoms with Gasteiger partial charge in [-0.05, 0) is 7.05 Å². The van der Waals surface area contributed by atoms with E-state index in [2.05, 4.69) is 22.8 Å². The minimum absolute atomic E-state index is 0.278. The molecule has 0 unspecified atom stereocenters. The molecule has 1 atom stereocenters. The summed E-state index contributed by atoms with van der Waals surface area (Å²) in [4.78, 5) is 4.54. The van der Waals surface area contributed by atoms with Crippen molar-refractivity contribution in [3.8, 4) is 12.3 Å². The van der Waals surface area contributed by atoms with Crippen LogP contribution in [0.4, 0.5) is 0 Å². The van der Waals surface area contributed by atoms with Gasteiger partial charge in [0.2, 0.25) is 0 Å². The van der Waals surface area contributed by atoms with Crippen LogP contribution in [0.2, 0.25) is 0 Å². The molecule has 1 heterocycles. The van der Waals surface area contributed by atoms with Gasteiger partial charge in [-0.25, -0.2) is 0 Å². The van der Waals surface area contributed by atoms with Gasteiger partial charge in [0.1, 0.15) is 6.61 Å². The quantitative estimate of drug-likeness (QED) is 0.480. The molecule has 0 bridgehead atoms. The number of β-amino-alcohol motifs (C(OH)–C–C–N with tert-alkyl or cyclic N) is 1. The Morgan fingerprint density at radius 2 is 2.07 bits per heavy atom. The van der Waals surface area contributed by atoms with Crippen LogP contribution in [0.15, 0.2) is 0 Å². The maximum atomic E-state index is 9.65. The number of hydrogen-bond donors (Lipinski definition) is 1. The smallest absolute Gasteiger partial charge is 0.107 e. The zero-order valence-electron chi connectivity index (χ0n) is 9.35. The SMILES string of the molecule is C#CCOC[C@@H](O)CN1CCN(C)CC1. The van der Waals surface area contributed by atoms with Crippen molar-refractivity contribution in [2.45, 2.75) is 6.10 Å². The molecule has 1 aliphatic heterocycles. The van der Waals surface area contributed by atoms with Gasteiger partial charge in [-0.15, -0.1) is 6.42 Å². The van der Waals surface area contributed by atoms with E-state index >= 15 is 0 Å². The van der Waals surface area contributed by atoms with Gasteiger partial charge in [0, 0.05) is 32.7 Å². The summed E-state index contributed by atoms with van der Waals surface area (Å²) < 4.78 is 5.08. The number of rotatable bonds is 5. The molecule has 1 saturated heterocycles. The van der Waals surface area contributed by atoms with Crippen LogP contribution in [0.5, 0.6) is 0 Å². The van der Waals surface area contributed by atoms with Gasteiger partial charge < -0.3 is 14.7 Å². The predicted molar refractivity (Wildman–Crippen MR) is 59.6 cm³/mol. The van der Waals surface area contributed by atoms with Crippen molar-refractivity contribution >= 4 is 0 Å². The number of piperazine rings is 1. The molecule has 1 fully saturated rings.